The fourth-order valence-corrected chi connectivity index (χ4v) is 5.13. The van der Waals surface area contributed by atoms with Gasteiger partial charge in [0, 0.05) is 50.9 Å². The van der Waals surface area contributed by atoms with E-state index in [4.69, 9.17) is 11.6 Å². The molecular weight excluding hydrogens is 484 g/mol. The normalized spacial score (nSPS) is 14.6. The molecule has 0 bridgehead atoms. The number of hydrogen-bond donors (Lipinski definition) is 2. The molecule has 0 spiro atoms. The number of benzene rings is 2. The van der Waals surface area contributed by atoms with Crippen LogP contribution in [0, 0.1) is 0 Å². The zero-order valence-electron chi connectivity index (χ0n) is 19.4. The summed E-state index contributed by atoms with van der Waals surface area (Å²) in [4.78, 5) is 33.3. The average Bonchev–Trinajstić information content (AvgIpc) is 3.31. The largest absolute Gasteiger partial charge is 0.383 e. The molecule has 1 aliphatic rings. The van der Waals surface area contributed by atoms with Crippen LogP contribution in [-0.4, -0.2) is 65.6 Å². The van der Waals surface area contributed by atoms with Gasteiger partial charge in [-0.05, 0) is 17.7 Å². The van der Waals surface area contributed by atoms with Crippen LogP contribution >= 0.6 is 22.9 Å². The second-order valence-corrected chi connectivity index (χ2v) is 9.83. The topological polar surface area (TPSA) is 85.8 Å². The maximum atomic E-state index is 12.6. The van der Waals surface area contributed by atoms with Gasteiger partial charge in [0.15, 0.2) is 0 Å². The first-order chi connectivity index (χ1) is 17.0. The van der Waals surface area contributed by atoms with Crippen LogP contribution < -0.4 is 10.2 Å². The molecule has 35 heavy (non-hydrogen) atoms. The lowest BCUT2D eigenvalue weighted by molar-refractivity contribution is -0.143. The van der Waals surface area contributed by atoms with E-state index in [-0.39, 0.29) is 12.3 Å². The predicted molar refractivity (Wildman–Crippen MR) is 139 cm³/mol. The number of aliphatic hydroxyl groups excluding tert-OH is 1. The highest BCUT2D eigenvalue weighted by molar-refractivity contribution is 7.09. The maximum absolute atomic E-state index is 12.6. The molecule has 4 rings (SSSR count). The molecule has 1 aliphatic heterocycles. The Hall–Kier alpha value is -2.94. The maximum Gasteiger partial charge on any atom is 0.252 e. The Labute approximate surface area is 214 Å². The standard InChI is InChI=1S/C26H29ClN4O3S/c27-21-8-4-5-9-22(21)30-12-14-31(15-13-30)26(34)23(32)17-24(33)28-11-10-25-29-20(18-35-25)16-19-6-2-1-3-7-19/h1-9,18,23,32H,10-17H2,(H,28,33)/t23-/m1/s1. The molecule has 184 valence electrons. The first-order valence-corrected chi connectivity index (χ1v) is 13.0. The molecule has 0 unspecified atom stereocenters. The Morgan fingerprint density at radius 1 is 1.06 bits per heavy atom. The van der Waals surface area contributed by atoms with Crippen LogP contribution in [0.3, 0.4) is 0 Å². The summed E-state index contributed by atoms with van der Waals surface area (Å²) < 4.78 is 0. The van der Waals surface area contributed by atoms with Crippen LogP contribution in [0.4, 0.5) is 5.69 Å². The quantitative estimate of drug-likeness (QED) is 0.460. The fourth-order valence-electron chi connectivity index (χ4n) is 4.08. The van der Waals surface area contributed by atoms with Gasteiger partial charge in [0.2, 0.25) is 5.91 Å². The van der Waals surface area contributed by atoms with Crippen molar-refractivity contribution >= 4 is 40.4 Å². The van der Waals surface area contributed by atoms with E-state index in [9.17, 15) is 14.7 Å². The summed E-state index contributed by atoms with van der Waals surface area (Å²) in [7, 11) is 0. The minimum atomic E-state index is -1.35. The number of amides is 2. The van der Waals surface area contributed by atoms with Gasteiger partial charge in [0.1, 0.15) is 6.10 Å². The number of piperazine rings is 1. The van der Waals surface area contributed by atoms with Gasteiger partial charge >= 0.3 is 0 Å². The summed E-state index contributed by atoms with van der Waals surface area (Å²) in [6.45, 7) is 2.59. The lowest BCUT2D eigenvalue weighted by Crippen LogP contribution is -2.52. The summed E-state index contributed by atoms with van der Waals surface area (Å²) >= 11 is 7.84. The number of nitrogens with one attached hydrogen (secondary N) is 1. The van der Waals surface area contributed by atoms with E-state index in [0.717, 1.165) is 22.8 Å². The first kappa shape index (κ1) is 25.2. The highest BCUT2D eigenvalue weighted by atomic mass is 35.5. The Bertz CT molecular complexity index is 1130. The van der Waals surface area contributed by atoms with E-state index in [2.05, 4.69) is 27.3 Å². The number of aromatic nitrogens is 1. The molecule has 2 aromatic carbocycles. The Kier molecular flexibility index (Phi) is 8.74. The number of hydrogen-bond acceptors (Lipinski definition) is 6. The monoisotopic (exact) mass is 512 g/mol. The molecule has 3 aromatic rings. The molecule has 0 aliphatic carbocycles. The molecule has 1 fully saturated rings. The van der Waals surface area contributed by atoms with Crippen molar-refractivity contribution in [3.8, 4) is 0 Å². The van der Waals surface area contributed by atoms with E-state index < -0.39 is 12.0 Å². The summed E-state index contributed by atoms with van der Waals surface area (Å²) in [5.41, 5.74) is 3.16. The van der Waals surface area contributed by atoms with Crippen molar-refractivity contribution in [3.05, 3.63) is 81.3 Å². The number of halogens is 1. The number of thiazole rings is 1. The van der Waals surface area contributed by atoms with Gasteiger partial charge in [0.25, 0.3) is 5.91 Å². The molecule has 1 aromatic heterocycles. The van der Waals surface area contributed by atoms with E-state index in [1.54, 1.807) is 16.2 Å². The number of para-hydroxylation sites is 1. The third-order valence-electron chi connectivity index (χ3n) is 5.94. The van der Waals surface area contributed by atoms with Gasteiger partial charge in [-0.1, -0.05) is 54.1 Å². The lowest BCUT2D eigenvalue weighted by atomic mass is 10.1. The van der Waals surface area contributed by atoms with Crippen LogP contribution in [0.1, 0.15) is 22.7 Å². The van der Waals surface area contributed by atoms with Crippen LogP contribution in [0.25, 0.3) is 0 Å². The highest BCUT2D eigenvalue weighted by Crippen LogP contribution is 2.26. The molecule has 0 radical (unpaired) electrons. The van der Waals surface area contributed by atoms with Gasteiger partial charge in [0.05, 0.1) is 27.8 Å². The Morgan fingerprint density at radius 2 is 1.77 bits per heavy atom. The molecule has 2 heterocycles. The number of nitrogens with zero attached hydrogens (tertiary/aromatic N) is 3. The number of aliphatic hydroxyl groups is 1. The van der Waals surface area contributed by atoms with Crippen molar-refractivity contribution in [1.82, 2.24) is 15.2 Å². The van der Waals surface area contributed by atoms with E-state index in [1.807, 2.05) is 47.8 Å². The van der Waals surface area contributed by atoms with E-state index >= 15 is 0 Å². The third kappa shape index (κ3) is 7.04. The van der Waals surface area contributed by atoms with Gasteiger partial charge in [-0.25, -0.2) is 4.98 Å². The molecule has 9 heteroatoms. The third-order valence-corrected chi connectivity index (χ3v) is 7.21. The number of carbonyl (C=O) groups is 2. The van der Waals surface area contributed by atoms with Crippen LogP contribution in [0.5, 0.6) is 0 Å². The molecule has 1 saturated heterocycles. The van der Waals surface area contributed by atoms with E-state index in [0.29, 0.717) is 44.2 Å². The van der Waals surface area contributed by atoms with Crippen molar-refractivity contribution in [1.29, 1.82) is 0 Å². The minimum Gasteiger partial charge on any atom is -0.383 e. The van der Waals surface area contributed by atoms with E-state index in [1.165, 1.54) is 5.56 Å². The summed E-state index contributed by atoms with van der Waals surface area (Å²) in [6, 6.07) is 17.8. The van der Waals surface area contributed by atoms with Crippen molar-refractivity contribution in [2.45, 2.75) is 25.4 Å². The van der Waals surface area contributed by atoms with Crippen LogP contribution in [-0.2, 0) is 22.4 Å². The second kappa shape index (κ2) is 12.2. The highest BCUT2D eigenvalue weighted by Gasteiger charge is 2.28. The SMILES string of the molecule is O=C(C[C@@H](O)C(=O)N1CCN(c2ccccc2Cl)CC1)NCCc1nc(Cc2ccccc2)cs1. The molecule has 7 nitrogen and oxygen atoms in total. The fraction of sp³-hybridized carbons (Fsp3) is 0.346. The molecule has 1 atom stereocenters. The molecule has 2 amide bonds. The zero-order valence-corrected chi connectivity index (χ0v) is 21.0. The second-order valence-electron chi connectivity index (χ2n) is 8.48. The number of carbonyl (C=O) groups excluding carboxylic acids is 2. The lowest BCUT2D eigenvalue weighted by Gasteiger charge is -2.37. The van der Waals surface area contributed by atoms with Crippen molar-refractivity contribution in [2.75, 3.05) is 37.6 Å². The summed E-state index contributed by atoms with van der Waals surface area (Å²) in [6.07, 6.45) is -0.205. The molecule has 0 saturated carbocycles. The molecule has 2 N–H and O–H groups in total. The first-order valence-electron chi connectivity index (χ1n) is 11.7. The average molecular weight is 513 g/mol. The number of rotatable bonds is 9. The zero-order chi connectivity index (χ0) is 24.6. The van der Waals surface area contributed by atoms with Crippen molar-refractivity contribution in [3.63, 3.8) is 0 Å². The Balaban J connectivity index is 1.16. The van der Waals surface area contributed by atoms with Gasteiger partial charge in [-0.2, -0.15) is 0 Å². The smallest absolute Gasteiger partial charge is 0.252 e. The van der Waals surface area contributed by atoms with Gasteiger partial charge < -0.3 is 20.2 Å². The number of anilines is 1. The minimum absolute atomic E-state index is 0.249. The van der Waals surface area contributed by atoms with Crippen molar-refractivity contribution in [2.24, 2.45) is 0 Å². The van der Waals surface area contributed by atoms with Gasteiger partial charge in [-0.15, -0.1) is 11.3 Å². The Morgan fingerprint density at radius 3 is 2.51 bits per heavy atom. The molecular formula is C26H29ClN4O3S. The summed E-state index contributed by atoms with van der Waals surface area (Å²) in [5.74, 6) is -0.758. The van der Waals surface area contributed by atoms with Crippen molar-refractivity contribution < 1.29 is 14.7 Å². The van der Waals surface area contributed by atoms with Gasteiger partial charge in [-0.3, -0.25) is 9.59 Å². The van der Waals surface area contributed by atoms with Crippen LogP contribution in [0.15, 0.2) is 60.0 Å². The summed E-state index contributed by atoms with van der Waals surface area (Å²) in [5, 5.41) is 16.8. The predicted octanol–water partition coefficient (Wildman–Crippen LogP) is 3.15. The van der Waals surface area contributed by atoms with Crippen LogP contribution in [0.2, 0.25) is 5.02 Å².